The van der Waals surface area contributed by atoms with Crippen LogP contribution in [0.4, 0.5) is 0 Å². The summed E-state index contributed by atoms with van der Waals surface area (Å²) in [7, 11) is 0. The van der Waals surface area contributed by atoms with Gasteiger partial charge in [-0.15, -0.1) is 0 Å². The van der Waals surface area contributed by atoms with Crippen LogP contribution in [0.15, 0.2) is 24.3 Å². The van der Waals surface area contributed by atoms with Gasteiger partial charge in [0.05, 0.1) is 0 Å². The molecule has 0 fully saturated rings. The smallest absolute Gasteiger partial charge is 0.0327 e. The number of allylic oxidation sites excluding steroid dienone is 4. The zero-order valence-corrected chi connectivity index (χ0v) is 13.0. The zero-order valence-electron chi connectivity index (χ0n) is 13.0. The van der Waals surface area contributed by atoms with Crippen molar-refractivity contribution in [1.29, 1.82) is 0 Å². The largest absolute Gasteiger partial charge is 0.0885 e. The average molecular weight is 250 g/mol. The van der Waals surface area contributed by atoms with Gasteiger partial charge in [0, 0.05) is 0 Å². The molecule has 0 heterocycles. The molecule has 0 bridgehead atoms. The second-order valence-electron chi connectivity index (χ2n) is 5.71. The van der Waals surface area contributed by atoms with Crippen LogP contribution in [-0.2, 0) is 0 Å². The molecule has 0 atom stereocenters. The first-order valence-electron chi connectivity index (χ1n) is 8.07. The minimum atomic E-state index is 0.805. The molecule has 0 heteroatoms. The molecule has 0 N–H and O–H groups in total. The van der Waals surface area contributed by atoms with Crippen LogP contribution >= 0.6 is 0 Å². The van der Waals surface area contributed by atoms with Crippen LogP contribution in [-0.4, -0.2) is 0 Å². The zero-order chi connectivity index (χ0) is 13.5. The Balaban J connectivity index is 3.13. The molecule has 0 unspecified atom stereocenters. The average Bonchev–Trinajstić information content (AvgIpc) is 2.34. The number of rotatable bonds is 12. The minimum Gasteiger partial charge on any atom is -0.0885 e. The normalized spacial score (nSPS) is 12.2. The molecule has 0 aromatic carbocycles. The van der Waals surface area contributed by atoms with Crippen molar-refractivity contribution in [2.45, 2.75) is 85.0 Å². The van der Waals surface area contributed by atoms with Gasteiger partial charge in [-0.05, 0) is 50.9 Å². The Morgan fingerprint density at radius 1 is 0.667 bits per heavy atom. The Morgan fingerprint density at radius 3 is 1.67 bits per heavy atom. The van der Waals surface area contributed by atoms with E-state index in [-0.39, 0.29) is 0 Å². The third-order valence-corrected chi connectivity index (χ3v) is 3.16. The van der Waals surface area contributed by atoms with E-state index in [1.165, 1.54) is 64.2 Å². The quantitative estimate of drug-likeness (QED) is 0.268. The van der Waals surface area contributed by atoms with Crippen molar-refractivity contribution in [3.05, 3.63) is 24.3 Å². The lowest BCUT2D eigenvalue weighted by Gasteiger charge is -1.98. The number of unbranched alkanes of at least 4 members (excludes halogenated alkanes) is 7. The van der Waals surface area contributed by atoms with Crippen molar-refractivity contribution in [3.8, 4) is 0 Å². The molecule has 106 valence electrons. The molecule has 0 saturated carbocycles. The fourth-order valence-electron chi connectivity index (χ4n) is 1.94. The fraction of sp³-hybridized carbons (Fsp3) is 0.778. The second-order valence-corrected chi connectivity index (χ2v) is 5.71. The van der Waals surface area contributed by atoms with Crippen molar-refractivity contribution < 1.29 is 0 Å². The van der Waals surface area contributed by atoms with Gasteiger partial charge in [-0.25, -0.2) is 0 Å². The predicted molar refractivity (Wildman–Crippen MR) is 85.0 cm³/mol. The maximum atomic E-state index is 2.38. The van der Waals surface area contributed by atoms with E-state index in [2.05, 4.69) is 45.1 Å². The Labute approximate surface area is 116 Å². The highest BCUT2D eigenvalue weighted by atomic mass is 13.9. The summed E-state index contributed by atoms with van der Waals surface area (Å²) in [5, 5.41) is 0. The molecular formula is C18H34. The maximum absolute atomic E-state index is 2.38. The van der Waals surface area contributed by atoms with Crippen LogP contribution in [0.25, 0.3) is 0 Å². The summed E-state index contributed by atoms with van der Waals surface area (Å²) < 4.78 is 0. The van der Waals surface area contributed by atoms with E-state index < -0.39 is 0 Å². The van der Waals surface area contributed by atoms with Crippen LogP contribution in [0, 0.1) is 5.92 Å². The van der Waals surface area contributed by atoms with Crippen molar-refractivity contribution in [2.24, 2.45) is 5.92 Å². The van der Waals surface area contributed by atoms with Gasteiger partial charge in [-0.3, -0.25) is 0 Å². The first-order valence-corrected chi connectivity index (χ1v) is 8.07. The Morgan fingerprint density at radius 2 is 1.17 bits per heavy atom. The van der Waals surface area contributed by atoms with Gasteiger partial charge in [0.2, 0.25) is 0 Å². The van der Waals surface area contributed by atoms with E-state index in [0.29, 0.717) is 0 Å². The molecule has 18 heavy (non-hydrogen) atoms. The molecule has 0 saturated heterocycles. The Hall–Kier alpha value is -0.520. The van der Waals surface area contributed by atoms with E-state index in [9.17, 15) is 0 Å². The first kappa shape index (κ1) is 17.5. The third kappa shape index (κ3) is 15.5. The number of hydrogen-bond donors (Lipinski definition) is 0. The highest BCUT2D eigenvalue weighted by Crippen LogP contribution is 2.07. The predicted octanol–water partition coefficient (Wildman–Crippen LogP) is 6.68. The lowest BCUT2D eigenvalue weighted by molar-refractivity contribution is 0.657. The third-order valence-electron chi connectivity index (χ3n) is 3.16. The summed E-state index contributed by atoms with van der Waals surface area (Å²) in [6, 6.07) is 0. The molecule has 0 aliphatic heterocycles. The van der Waals surface area contributed by atoms with E-state index in [1.54, 1.807) is 0 Å². The molecule has 0 aliphatic carbocycles. The van der Waals surface area contributed by atoms with Gasteiger partial charge < -0.3 is 0 Å². The summed E-state index contributed by atoms with van der Waals surface area (Å²) >= 11 is 0. The molecule has 0 aliphatic rings. The summed E-state index contributed by atoms with van der Waals surface area (Å²) in [4.78, 5) is 0. The van der Waals surface area contributed by atoms with E-state index in [1.807, 2.05) is 0 Å². The van der Waals surface area contributed by atoms with Crippen molar-refractivity contribution in [1.82, 2.24) is 0 Å². The van der Waals surface area contributed by atoms with Crippen LogP contribution in [0.1, 0.15) is 85.0 Å². The topological polar surface area (TPSA) is 0 Å². The fourth-order valence-corrected chi connectivity index (χ4v) is 1.94. The number of hydrogen-bond acceptors (Lipinski definition) is 0. The van der Waals surface area contributed by atoms with Gasteiger partial charge in [0.25, 0.3) is 0 Å². The molecule has 0 rings (SSSR count). The molecule has 0 aromatic heterocycles. The van der Waals surface area contributed by atoms with Crippen LogP contribution in [0.3, 0.4) is 0 Å². The standard InChI is InChI=1S/C18H34/c1-4-5-6-7-8-9-10-11-12-13-14-15-16-17-18(2)3/h8-9,15-16,18H,4-7,10-14,17H2,1-3H3/b9-8+,16-15+. The Kier molecular flexibility index (Phi) is 14.1. The van der Waals surface area contributed by atoms with Gasteiger partial charge in [-0.1, -0.05) is 64.3 Å². The van der Waals surface area contributed by atoms with E-state index in [4.69, 9.17) is 0 Å². The molecular weight excluding hydrogens is 216 g/mol. The lowest BCUT2D eigenvalue weighted by atomic mass is 10.1. The van der Waals surface area contributed by atoms with Gasteiger partial charge in [-0.2, -0.15) is 0 Å². The van der Waals surface area contributed by atoms with Crippen molar-refractivity contribution in [3.63, 3.8) is 0 Å². The van der Waals surface area contributed by atoms with E-state index in [0.717, 1.165) is 5.92 Å². The second kappa shape index (κ2) is 14.5. The van der Waals surface area contributed by atoms with Crippen molar-refractivity contribution >= 4 is 0 Å². The lowest BCUT2D eigenvalue weighted by Crippen LogP contribution is -1.81. The van der Waals surface area contributed by atoms with Crippen LogP contribution < -0.4 is 0 Å². The summed E-state index contributed by atoms with van der Waals surface area (Å²) in [6.45, 7) is 6.81. The summed E-state index contributed by atoms with van der Waals surface area (Å²) in [6.07, 6.45) is 22.7. The van der Waals surface area contributed by atoms with Crippen molar-refractivity contribution in [2.75, 3.05) is 0 Å². The highest BCUT2D eigenvalue weighted by molar-refractivity contribution is 4.83. The van der Waals surface area contributed by atoms with Gasteiger partial charge in [0.15, 0.2) is 0 Å². The summed E-state index contributed by atoms with van der Waals surface area (Å²) in [5.41, 5.74) is 0. The first-order chi connectivity index (χ1) is 8.77. The molecule has 0 radical (unpaired) electrons. The molecule has 0 spiro atoms. The minimum absolute atomic E-state index is 0.805. The van der Waals surface area contributed by atoms with Crippen LogP contribution in [0.5, 0.6) is 0 Å². The van der Waals surface area contributed by atoms with Gasteiger partial charge >= 0.3 is 0 Å². The SMILES string of the molecule is CCCCC/C=C/CCCCC/C=C/CC(C)C. The molecule has 0 nitrogen and oxygen atoms in total. The molecule has 0 aromatic rings. The maximum Gasteiger partial charge on any atom is -0.0327 e. The van der Waals surface area contributed by atoms with Crippen LogP contribution in [0.2, 0.25) is 0 Å². The summed E-state index contributed by atoms with van der Waals surface area (Å²) in [5.74, 6) is 0.805. The monoisotopic (exact) mass is 250 g/mol. The van der Waals surface area contributed by atoms with Gasteiger partial charge in [0.1, 0.15) is 0 Å². The Bertz CT molecular complexity index is 198. The molecule has 0 amide bonds. The van der Waals surface area contributed by atoms with E-state index >= 15 is 0 Å². The highest BCUT2D eigenvalue weighted by Gasteiger charge is 1.88.